The van der Waals surface area contributed by atoms with Gasteiger partial charge in [-0.15, -0.1) is 0 Å². The first kappa shape index (κ1) is 11.6. The maximum atomic E-state index is 13.4. The fraction of sp³-hybridized carbons (Fsp3) is 0.455. The molecule has 3 heteroatoms. The molecule has 0 heterocycles. The second-order valence-corrected chi connectivity index (χ2v) is 3.92. The average molecular weight is 213 g/mol. The van der Waals surface area contributed by atoms with E-state index in [9.17, 15) is 4.39 Å². The molecular formula is C11H15BClF. The van der Waals surface area contributed by atoms with Gasteiger partial charge in [-0.2, -0.15) is 0 Å². The Morgan fingerprint density at radius 2 is 2.14 bits per heavy atom. The number of aryl methyl sites for hydroxylation is 1. The Hall–Kier alpha value is -0.495. The van der Waals surface area contributed by atoms with Gasteiger partial charge in [0.1, 0.15) is 5.82 Å². The van der Waals surface area contributed by atoms with Gasteiger partial charge < -0.3 is 0 Å². The van der Waals surface area contributed by atoms with Gasteiger partial charge in [0, 0.05) is 0 Å². The van der Waals surface area contributed by atoms with E-state index in [1.807, 2.05) is 12.9 Å². The zero-order chi connectivity index (χ0) is 10.6. The van der Waals surface area contributed by atoms with Crippen LogP contribution in [0.2, 0.25) is 11.8 Å². The van der Waals surface area contributed by atoms with Crippen molar-refractivity contribution in [1.82, 2.24) is 0 Å². The molecule has 0 unspecified atom stereocenters. The first-order valence-corrected chi connectivity index (χ1v) is 5.53. The van der Waals surface area contributed by atoms with Crippen LogP contribution in [-0.4, -0.2) is 7.28 Å². The second-order valence-electron chi connectivity index (χ2n) is 3.51. The summed E-state index contributed by atoms with van der Waals surface area (Å²) in [6.07, 6.45) is 3.27. The van der Waals surface area contributed by atoms with Gasteiger partial charge in [-0.25, -0.2) is 4.39 Å². The van der Waals surface area contributed by atoms with Crippen molar-refractivity contribution in [3.05, 3.63) is 28.5 Å². The standard InChI is InChI=1S/C11H15BClF/c1-3-4-5-8-6-9(12-2)11(14)10(13)7-8/h6-7,12H,3-5H2,1-2H3. The van der Waals surface area contributed by atoms with Gasteiger partial charge in [-0.3, -0.25) is 0 Å². The summed E-state index contributed by atoms with van der Waals surface area (Å²) in [5, 5.41) is 0.260. The van der Waals surface area contributed by atoms with Crippen LogP contribution < -0.4 is 5.46 Å². The molecule has 0 N–H and O–H groups in total. The molecule has 0 amide bonds. The molecule has 0 aliphatic rings. The van der Waals surface area contributed by atoms with E-state index in [2.05, 4.69) is 6.92 Å². The monoisotopic (exact) mass is 212 g/mol. The summed E-state index contributed by atoms with van der Waals surface area (Å²) in [6.45, 7) is 4.09. The number of hydrogen-bond acceptors (Lipinski definition) is 0. The van der Waals surface area contributed by atoms with E-state index in [1.165, 1.54) is 0 Å². The molecule has 0 saturated carbocycles. The van der Waals surface area contributed by atoms with Crippen LogP contribution >= 0.6 is 11.6 Å². The molecule has 1 rings (SSSR count). The van der Waals surface area contributed by atoms with E-state index in [-0.39, 0.29) is 10.8 Å². The summed E-state index contributed by atoms with van der Waals surface area (Å²) >= 11 is 5.80. The van der Waals surface area contributed by atoms with E-state index in [4.69, 9.17) is 11.6 Å². The van der Waals surface area contributed by atoms with Gasteiger partial charge >= 0.3 is 0 Å². The van der Waals surface area contributed by atoms with Crippen molar-refractivity contribution < 1.29 is 4.39 Å². The summed E-state index contributed by atoms with van der Waals surface area (Å²) in [4.78, 5) is 0. The normalized spacial score (nSPS) is 10.3. The zero-order valence-electron chi connectivity index (χ0n) is 8.74. The summed E-state index contributed by atoms with van der Waals surface area (Å²) in [6, 6.07) is 3.67. The number of unbranched alkanes of at least 4 members (excludes halogenated alkanes) is 1. The van der Waals surface area contributed by atoms with E-state index < -0.39 is 0 Å². The molecule has 14 heavy (non-hydrogen) atoms. The van der Waals surface area contributed by atoms with Crippen molar-refractivity contribution in [2.24, 2.45) is 0 Å². The SMILES string of the molecule is CBc1cc(CCCC)cc(Cl)c1F. The van der Waals surface area contributed by atoms with Crippen molar-refractivity contribution >= 4 is 24.3 Å². The quantitative estimate of drug-likeness (QED) is 0.673. The summed E-state index contributed by atoms with van der Waals surface area (Å²) in [5.74, 6) is -0.255. The Kier molecular flexibility index (Phi) is 4.47. The molecule has 1 aromatic rings. The van der Waals surface area contributed by atoms with Crippen LogP contribution in [0, 0.1) is 5.82 Å². The van der Waals surface area contributed by atoms with E-state index in [1.54, 1.807) is 6.07 Å². The van der Waals surface area contributed by atoms with Crippen molar-refractivity contribution in [3.8, 4) is 0 Å². The van der Waals surface area contributed by atoms with Crippen molar-refractivity contribution in [3.63, 3.8) is 0 Å². The lowest BCUT2D eigenvalue weighted by molar-refractivity contribution is 0.635. The maximum Gasteiger partial charge on any atom is 0.158 e. The van der Waals surface area contributed by atoms with Crippen molar-refractivity contribution in [2.75, 3.05) is 0 Å². The summed E-state index contributed by atoms with van der Waals surface area (Å²) in [7, 11) is 0.700. The molecule has 0 spiro atoms. The zero-order valence-corrected chi connectivity index (χ0v) is 9.49. The molecule has 0 aliphatic heterocycles. The molecule has 0 radical (unpaired) electrons. The summed E-state index contributed by atoms with van der Waals surface area (Å²) < 4.78 is 13.4. The highest BCUT2D eigenvalue weighted by molar-refractivity contribution is 6.52. The lowest BCUT2D eigenvalue weighted by Crippen LogP contribution is -2.17. The summed E-state index contributed by atoms with van der Waals surface area (Å²) in [5.41, 5.74) is 1.87. The highest BCUT2D eigenvalue weighted by Gasteiger charge is 2.07. The molecule has 0 saturated heterocycles. The van der Waals surface area contributed by atoms with Gasteiger partial charge in [0.25, 0.3) is 0 Å². The van der Waals surface area contributed by atoms with E-state index in [0.717, 1.165) is 30.3 Å². The number of halogens is 2. The van der Waals surface area contributed by atoms with Gasteiger partial charge in [0.2, 0.25) is 0 Å². The van der Waals surface area contributed by atoms with Gasteiger partial charge in [-0.1, -0.05) is 37.8 Å². The third-order valence-corrected chi connectivity index (χ3v) is 2.64. The van der Waals surface area contributed by atoms with Crippen LogP contribution in [0.25, 0.3) is 0 Å². The minimum atomic E-state index is -0.255. The molecule has 76 valence electrons. The van der Waals surface area contributed by atoms with Crippen LogP contribution in [0.5, 0.6) is 0 Å². The number of rotatable bonds is 4. The third-order valence-electron chi connectivity index (χ3n) is 2.36. The first-order valence-electron chi connectivity index (χ1n) is 5.15. The Labute approximate surface area is 90.7 Å². The molecule has 0 nitrogen and oxygen atoms in total. The van der Waals surface area contributed by atoms with Crippen LogP contribution in [0.3, 0.4) is 0 Å². The third kappa shape index (κ3) is 2.75. The largest absolute Gasteiger partial charge is 0.206 e. The van der Waals surface area contributed by atoms with Crippen molar-refractivity contribution in [1.29, 1.82) is 0 Å². The Morgan fingerprint density at radius 3 is 2.71 bits per heavy atom. The van der Waals surface area contributed by atoms with Crippen molar-refractivity contribution in [2.45, 2.75) is 33.0 Å². The topological polar surface area (TPSA) is 0 Å². The molecule has 0 bridgehead atoms. The minimum Gasteiger partial charge on any atom is -0.206 e. The van der Waals surface area contributed by atoms with Crippen LogP contribution in [0.1, 0.15) is 25.3 Å². The molecule has 0 aromatic heterocycles. The lowest BCUT2D eigenvalue weighted by atomic mass is 9.72. The minimum absolute atomic E-state index is 0.255. The van der Waals surface area contributed by atoms with Gasteiger partial charge in [0.15, 0.2) is 7.28 Å². The predicted octanol–water partition coefficient (Wildman–Crippen LogP) is 2.93. The fourth-order valence-electron chi connectivity index (χ4n) is 1.49. The first-order chi connectivity index (χ1) is 6.69. The Morgan fingerprint density at radius 1 is 1.43 bits per heavy atom. The highest BCUT2D eigenvalue weighted by Crippen LogP contribution is 2.16. The molecule has 0 aliphatic carbocycles. The number of benzene rings is 1. The molecule has 1 aromatic carbocycles. The average Bonchev–Trinajstić information content (AvgIpc) is 2.19. The lowest BCUT2D eigenvalue weighted by Gasteiger charge is -2.06. The molecule has 0 atom stereocenters. The molecule has 0 fully saturated rings. The predicted molar refractivity (Wildman–Crippen MR) is 62.7 cm³/mol. The van der Waals surface area contributed by atoms with Gasteiger partial charge in [-0.05, 0) is 29.9 Å². The fourth-order valence-corrected chi connectivity index (χ4v) is 1.75. The highest BCUT2D eigenvalue weighted by atomic mass is 35.5. The molecular weight excluding hydrogens is 197 g/mol. The maximum absolute atomic E-state index is 13.4. The smallest absolute Gasteiger partial charge is 0.158 e. The van der Waals surface area contributed by atoms with E-state index >= 15 is 0 Å². The Bertz CT molecular complexity index is 312. The van der Waals surface area contributed by atoms with Crippen LogP contribution in [-0.2, 0) is 6.42 Å². The van der Waals surface area contributed by atoms with Crippen LogP contribution in [0.15, 0.2) is 12.1 Å². The Balaban J connectivity index is 2.91. The van der Waals surface area contributed by atoms with E-state index in [0.29, 0.717) is 7.28 Å². The van der Waals surface area contributed by atoms with Crippen LogP contribution in [0.4, 0.5) is 4.39 Å². The van der Waals surface area contributed by atoms with Gasteiger partial charge in [0.05, 0.1) is 5.02 Å². The second kappa shape index (κ2) is 5.40. The number of hydrogen-bond donors (Lipinski definition) is 0.